The molecule has 0 aliphatic carbocycles. The summed E-state index contributed by atoms with van der Waals surface area (Å²) in [6.45, 7) is 7.50. The molecule has 0 aliphatic rings. The zero-order valence-electron chi connectivity index (χ0n) is 13.2. The molecular formula is C18H19F2NO. The molecule has 0 heterocycles. The summed E-state index contributed by atoms with van der Waals surface area (Å²) in [5, 5.41) is 0. The first-order chi connectivity index (χ1) is 10.3. The lowest BCUT2D eigenvalue weighted by Gasteiger charge is -2.29. The molecule has 0 saturated heterocycles. The first-order valence-corrected chi connectivity index (χ1v) is 7.17. The summed E-state index contributed by atoms with van der Waals surface area (Å²) in [6, 6.07) is 9.21. The minimum Gasteiger partial charge on any atom is -0.306 e. The van der Waals surface area contributed by atoms with Crippen molar-refractivity contribution >= 4 is 11.6 Å². The average Bonchev–Trinajstić information content (AvgIpc) is 2.45. The lowest BCUT2D eigenvalue weighted by molar-refractivity contribution is 0.0975. The third-order valence-electron chi connectivity index (χ3n) is 3.54. The van der Waals surface area contributed by atoms with Crippen LogP contribution in [0.4, 0.5) is 14.5 Å². The Balaban J connectivity index is 2.55. The van der Waals surface area contributed by atoms with E-state index in [1.54, 1.807) is 0 Å². The van der Waals surface area contributed by atoms with Crippen LogP contribution in [-0.2, 0) is 0 Å². The molecule has 0 atom stereocenters. The van der Waals surface area contributed by atoms with Crippen molar-refractivity contribution in [2.24, 2.45) is 0 Å². The molecular weight excluding hydrogens is 284 g/mol. The van der Waals surface area contributed by atoms with Gasteiger partial charge in [0.2, 0.25) is 0 Å². The Morgan fingerprint density at radius 3 is 2.41 bits per heavy atom. The number of aryl methyl sites for hydroxylation is 2. The predicted octanol–water partition coefficient (Wildman–Crippen LogP) is 4.64. The van der Waals surface area contributed by atoms with Crippen LogP contribution in [0.1, 0.15) is 35.3 Å². The Labute approximate surface area is 129 Å². The smallest absolute Gasteiger partial charge is 0.261 e. The summed E-state index contributed by atoms with van der Waals surface area (Å²) in [4.78, 5) is 14.2. The van der Waals surface area contributed by atoms with Crippen molar-refractivity contribution < 1.29 is 13.6 Å². The Hall–Kier alpha value is -2.23. The van der Waals surface area contributed by atoms with Crippen LogP contribution >= 0.6 is 0 Å². The number of carbonyl (C=O) groups is 1. The van der Waals surface area contributed by atoms with E-state index >= 15 is 0 Å². The molecule has 22 heavy (non-hydrogen) atoms. The summed E-state index contributed by atoms with van der Waals surface area (Å²) in [5.41, 5.74) is 2.36. The van der Waals surface area contributed by atoms with Gasteiger partial charge in [0.1, 0.15) is 0 Å². The summed E-state index contributed by atoms with van der Waals surface area (Å²) < 4.78 is 27.4. The van der Waals surface area contributed by atoms with Crippen LogP contribution in [0, 0.1) is 25.5 Å². The maximum atomic E-state index is 13.9. The standard InChI is InChI=1S/C18H19F2NO/c1-11(2)21(16-10-12(3)8-9-13(16)4)18(22)14-6-5-7-15(19)17(14)20/h5-11H,1-4H3. The maximum Gasteiger partial charge on any atom is 0.261 e. The van der Waals surface area contributed by atoms with Gasteiger partial charge in [0.25, 0.3) is 5.91 Å². The molecule has 2 nitrogen and oxygen atoms in total. The highest BCUT2D eigenvalue weighted by atomic mass is 19.2. The van der Waals surface area contributed by atoms with Crippen LogP contribution in [-0.4, -0.2) is 11.9 Å². The average molecular weight is 303 g/mol. The third kappa shape index (κ3) is 3.01. The molecule has 0 saturated carbocycles. The number of anilines is 1. The number of hydrogen-bond acceptors (Lipinski definition) is 1. The van der Waals surface area contributed by atoms with Crippen LogP contribution in [0.5, 0.6) is 0 Å². The molecule has 2 aromatic rings. The predicted molar refractivity (Wildman–Crippen MR) is 84.2 cm³/mol. The van der Waals surface area contributed by atoms with Crippen LogP contribution in [0.15, 0.2) is 36.4 Å². The molecule has 0 unspecified atom stereocenters. The lowest BCUT2D eigenvalue weighted by Crippen LogP contribution is -2.38. The Bertz CT molecular complexity index is 710. The van der Waals surface area contributed by atoms with E-state index in [1.807, 2.05) is 45.9 Å². The van der Waals surface area contributed by atoms with E-state index in [0.29, 0.717) is 5.69 Å². The lowest BCUT2D eigenvalue weighted by atomic mass is 10.1. The van der Waals surface area contributed by atoms with Crippen LogP contribution in [0.2, 0.25) is 0 Å². The summed E-state index contributed by atoms with van der Waals surface area (Å²) in [7, 11) is 0. The van der Waals surface area contributed by atoms with Gasteiger partial charge in [-0.05, 0) is 57.0 Å². The molecule has 0 bridgehead atoms. The zero-order chi connectivity index (χ0) is 16.4. The molecule has 0 aliphatic heterocycles. The first-order valence-electron chi connectivity index (χ1n) is 7.17. The van der Waals surface area contributed by atoms with Crippen molar-refractivity contribution in [3.8, 4) is 0 Å². The van der Waals surface area contributed by atoms with E-state index in [2.05, 4.69) is 0 Å². The van der Waals surface area contributed by atoms with Gasteiger partial charge in [0.15, 0.2) is 11.6 Å². The minimum absolute atomic E-state index is 0.185. The third-order valence-corrected chi connectivity index (χ3v) is 3.54. The van der Waals surface area contributed by atoms with Crippen molar-refractivity contribution in [3.05, 3.63) is 64.7 Å². The largest absolute Gasteiger partial charge is 0.306 e. The quantitative estimate of drug-likeness (QED) is 0.809. The van der Waals surface area contributed by atoms with Gasteiger partial charge >= 0.3 is 0 Å². The van der Waals surface area contributed by atoms with Crippen LogP contribution in [0.25, 0.3) is 0 Å². The van der Waals surface area contributed by atoms with Gasteiger partial charge in [-0.15, -0.1) is 0 Å². The number of nitrogens with zero attached hydrogens (tertiary/aromatic N) is 1. The van der Waals surface area contributed by atoms with Gasteiger partial charge in [-0.25, -0.2) is 8.78 Å². The monoisotopic (exact) mass is 303 g/mol. The van der Waals surface area contributed by atoms with E-state index in [-0.39, 0.29) is 11.6 Å². The van der Waals surface area contributed by atoms with Gasteiger partial charge < -0.3 is 4.90 Å². The molecule has 4 heteroatoms. The van der Waals surface area contributed by atoms with Crippen LogP contribution < -0.4 is 4.90 Å². The number of hydrogen-bond donors (Lipinski definition) is 0. The normalized spacial score (nSPS) is 10.9. The summed E-state index contributed by atoms with van der Waals surface area (Å²) >= 11 is 0. The molecule has 116 valence electrons. The minimum atomic E-state index is -1.11. The van der Waals surface area contributed by atoms with Crippen LogP contribution in [0.3, 0.4) is 0 Å². The molecule has 1 amide bonds. The fourth-order valence-electron chi connectivity index (χ4n) is 2.40. The van der Waals surface area contributed by atoms with E-state index < -0.39 is 17.5 Å². The highest BCUT2D eigenvalue weighted by molar-refractivity contribution is 6.07. The van der Waals surface area contributed by atoms with Crippen molar-refractivity contribution in [1.82, 2.24) is 0 Å². The Kier molecular flexibility index (Phi) is 4.59. The molecule has 2 aromatic carbocycles. The second kappa shape index (κ2) is 6.26. The highest BCUT2D eigenvalue weighted by Crippen LogP contribution is 2.26. The van der Waals surface area contributed by atoms with E-state index in [0.717, 1.165) is 17.2 Å². The molecule has 0 fully saturated rings. The van der Waals surface area contributed by atoms with Gasteiger partial charge in [-0.1, -0.05) is 18.2 Å². The topological polar surface area (TPSA) is 20.3 Å². The second-order valence-electron chi connectivity index (χ2n) is 5.66. The fourth-order valence-corrected chi connectivity index (χ4v) is 2.40. The van der Waals surface area contributed by atoms with E-state index in [1.165, 1.54) is 17.0 Å². The number of carbonyl (C=O) groups excluding carboxylic acids is 1. The van der Waals surface area contributed by atoms with Crippen molar-refractivity contribution in [1.29, 1.82) is 0 Å². The van der Waals surface area contributed by atoms with Gasteiger partial charge in [-0.3, -0.25) is 4.79 Å². The van der Waals surface area contributed by atoms with Crippen molar-refractivity contribution in [2.75, 3.05) is 4.90 Å². The van der Waals surface area contributed by atoms with E-state index in [4.69, 9.17) is 0 Å². The molecule has 2 rings (SSSR count). The molecule has 0 aromatic heterocycles. The first kappa shape index (κ1) is 16.1. The summed E-state index contributed by atoms with van der Waals surface area (Å²) in [6.07, 6.45) is 0. The van der Waals surface area contributed by atoms with Crippen molar-refractivity contribution in [2.45, 2.75) is 33.7 Å². The number of halogens is 2. The number of benzene rings is 2. The molecule has 0 N–H and O–H groups in total. The summed E-state index contributed by atoms with van der Waals surface area (Å²) in [5.74, 6) is -2.67. The molecule has 0 radical (unpaired) electrons. The van der Waals surface area contributed by atoms with Gasteiger partial charge in [0, 0.05) is 11.7 Å². The SMILES string of the molecule is Cc1ccc(C)c(N(C(=O)c2cccc(F)c2F)C(C)C)c1. The second-order valence-corrected chi connectivity index (χ2v) is 5.66. The van der Waals surface area contributed by atoms with Gasteiger partial charge in [-0.2, -0.15) is 0 Å². The number of rotatable bonds is 3. The fraction of sp³-hybridized carbons (Fsp3) is 0.278. The van der Waals surface area contributed by atoms with Gasteiger partial charge in [0.05, 0.1) is 5.56 Å². The highest BCUT2D eigenvalue weighted by Gasteiger charge is 2.25. The number of amides is 1. The zero-order valence-corrected chi connectivity index (χ0v) is 13.2. The van der Waals surface area contributed by atoms with E-state index in [9.17, 15) is 13.6 Å². The Morgan fingerprint density at radius 1 is 1.09 bits per heavy atom. The Morgan fingerprint density at radius 2 is 1.77 bits per heavy atom. The maximum absolute atomic E-state index is 13.9. The van der Waals surface area contributed by atoms with Crippen molar-refractivity contribution in [3.63, 3.8) is 0 Å². The molecule has 0 spiro atoms.